The average Bonchev–Trinajstić information content (AvgIpc) is 3.63. The number of alkyl halides is 3. The van der Waals surface area contributed by atoms with Gasteiger partial charge in [0, 0.05) is 18.4 Å². The van der Waals surface area contributed by atoms with E-state index in [1.165, 1.54) is 0 Å². The van der Waals surface area contributed by atoms with Crippen LogP contribution in [0.25, 0.3) is 5.57 Å². The quantitative estimate of drug-likeness (QED) is 0.284. The highest BCUT2D eigenvalue weighted by Crippen LogP contribution is 2.42. The number of thiophene rings is 1. The molecule has 8 heteroatoms. The van der Waals surface area contributed by atoms with Crippen molar-refractivity contribution >= 4 is 22.9 Å². The summed E-state index contributed by atoms with van der Waals surface area (Å²) in [7, 11) is 0. The SMILES string of the molecule is O=C(NC1CCCC1)NC(Cc1ccccc1)(c1cc(F)cc(C(F)(F)F)c1)C1C=CC(c2ccsc2)=CC1. The number of allylic oxidation sites excluding steroid dienone is 3. The van der Waals surface area contributed by atoms with Gasteiger partial charge in [-0.25, -0.2) is 9.18 Å². The summed E-state index contributed by atoms with van der Waals surface area (Å²) in [6.45, 7) is 0. The van der Waals surface area contributed by atoms with Gasteiger partial charge in [-0.15, -0.1) is 0 Å². The fraction of sp³-hybridized carbons (Fsp3) is 0.323. The average molecular weight is 555 g/mol. The van der Waals surface area contributed by atoms with Gasteiger partial charge in [-0.1, -0.05) is 61.4 Å². The fourth-order valence-electron chi connectivity index (χ4n) is 5.71. The summed E-state index contributed by atoms with van der Waals surface area (Å²) >= 11 is 1.58. The van der Waals surface area contributed by atoms with Crippen molar-refractivity contribution in [3.63, 3.8) is 0 Å². The van der Waals surface area contributed by atoms with Crippen molar-refractivity contribution in [2.75, 3.05) is 0 Å². The van der Waals surface area contributed by atoms with E-state index in [-0.39, 0.29) is 18.0 Å². The molecule has 0 radical (unpaired) electrons. The number of rotatable bonds is 7. The predicted octanol–water partition coefficient (Wildman–Crippen LogP) is 8.25. The van der Waals surface area contributed by atoms with Crippen LogP contribution >= 0.6 is 11.3 Å². The van der Waals surface area contributed by atoms with Crippen LogP contribution in [0.5, 0.6) is 0 Å². The van der Waals surface area contributed by atoms with Gasteiger partial charge in [-0.2, -0.15) is 24.5 Å². The first-order valence-corrected chi connectivity index (χ1v) is 14.1. The zero-order valence-corrected chi connectivity index (χ0v) is 22.1. The normalized spacial score (nSPS) is 19.4. The van der Waals surface area contributed by atoms with E-state index in [4.69, 9.17) is 0 Å². The third-order valence-electron chi connectivity index (χ3n) is 7.68. The Labute approximate surface area is 229 Å². The monoisotopic (exact) mass is 554 g/mol. The summed E-state index contributed by atoms with van der Waals surface area (Å²) < 4.78 is 56.4. The zero-order valence-electron chi connectivity index (χ0n) is 21.3. The first kappa shape index (κ1) is 27.2. The summed E-state index contributed by atoms with van der Waals surface area (Å²) in [4.78, 5) is 13.5. The minimum Gasteiger partial charge on any atom is -0.335 e. The van der Waals surface area contributed by atoms with Crippen molar-refractivity contribution in [3.05, 3.63) is 112 Å². The van der Waals surface area contributed by atoms with E-state index in [9.17, 15) is 22.4 Å². The number of benzene rings is 2. The molecule has 2 amide bonds. The van der Waals surface area contributed by atoms with Gasteiger partial charge < -0.3 is 10.6 Å². The van der Waals surface area contributed by atoms with Crippen LogP contribution in [-0.2, 0) is 18.1 Å². The molecule has 204 valence electrons. The summed E-state index contributed by atoms with van der Waals surface area (Å²) in [5.41, 5.74) is 0.536. The van der Waals surface area contributed by atoms with Crippen molar-refractivity contribution in [1.82, 2.24) is 10.6 Å². The van der Waals surface area contributed by atoms with Crippen LogP contribution in [0.1, 0.15) is 54.4 Å². The minimum atomic E-state index is -4.74. The van der Waals surface area contributed by atoms with Crippen molar-refractivity contribution in [2.45, 2.75) is 56.3 Å². The smallest absolute Gasteiger partial charge is 0.335 e. The first-order chi connectivity index (χ1) is 18.7. The second kappa shape index (κ2) is 11.4. The van der Waals surface area contributed by atoms with E-state index < -0.39 is 35.0 Å². The lowest BCUT2D eigenvalue weighted by atomic mass is 9.70. The van der Waals surface area contributed by atoms with Gasteiger partial charge in [0.25, 0.3) is 0 Å². The molecule has 1 aromatic heterocycles. The van der Waals surface area contributed by atoms with Crippen LogP contribution in [0.4, 0.5) is 22.4 Å². The standard InChI is InChI=1S/C31H30F4N2OS/c32-27-17-25(16-26(18-27)31(33,34)35)30(19-21-6-2-1-3-7-21,37-29(38)36-28-8-4-5-9-28)24-12-10-22(11-13-24)23-14-15-39-20-23/h1-3,6-7,10-12,14-18,20,24,28H,4-5,8-9,13,19H2,(H2,36,37,38). The molecular weight excluding hydrogens is 524 g/mol. The molecule has 2 aliphatic rings. The summed E-state index contributed by atoms with van der Waals surface area (Å²) in [6, 6.07) is 13.4. The third-order valence-corrected chi connectivity index (χ3v) is 8.36. The molecule has 0 aliphatic heterocycles. The Balaban J connectivity index is 1.61. The summed E-state index contributed by atoms with van der Waals surface area (Å²) in [6.07, 6.45) is 5.55. The minimum absolute atomic E-state index is 0.00431. The highest BCUT2D eigenvalue weighted by atomic mass is 32.1. The number of urea groups is 1. The van der Waals surface area contributed by atoms with E-state index in [0.717, 1.165) is 54.5 Å². The molecule has 0 bridgehead atoms. The molecule has 2 atom stereocenters. The number of hydrogen-bond donors (Lipinski definition) is 2. The maximum Gasteiger partial charge on any atom is 0.416 e. The lowest BCUT2D eigenvalue weighted by Gasteiger charge is -2.42. The largest absolute Gasteiger partial charge is 0.416 e. The molecule has 3 aromatic rings. The maximum absolute atomic E-state index is 14.9. The Kier molecular flexibility index (Phi) is 7.93. The second-order valence-corrected chi connectivity index (χ2v) is 11.1. The van der Waals surface area contributed by atoms with Gasteiger partial charge >= 0.3 is 12.2 Å². The third kappa shape index (κ3) is 6.27. The Morgan fingerprint density at radius 1 is 1.00 bits per heavy atom. The van der Waals surface area contributed by atoms with Crippen molar-refractivity contribution < 1.29 is 22.4 Å². The molecule has 2 aliphatic carbocycles. The molecule has 1 saturated carbocycles. The molecule has 2 unspecified atom stereocenters. The van der Waals surface area contributed by atoms with Crippen LogP contribution in [0, 0.1) is 11.7 Å². The summed E-state index contributed by atoms with van der Waals surface area (Å²) in [5, 5.41) is 10.1. The molecule has 0 saturated heterocycles. The van der Waals surface area contributed by atoms with Gasteiger partial charge in [0.2, 0.25) is 0 Å². The maximum atomic E-state index is 14.9. The number of carbonyl (C=O) groups excluding carboxylic acids is 1. The van der Waals surface area contributed by atoms with Gasteiger partial charge in [0.15, 0.2) is 0 Å². The summed E-state index contributed by atoms with van der Waals surface area (Å²) in [5.74, 6) is -1.43. The molecule has 3 nitrogen and oxygen atoms in total. The van der Waals surface area contributed by atoms with E-state index in [1.807, 2.05) is 65.4 Å². The number of nitrogens with one attached hydrogen (secondary N) is 2. The van der Waals surface area contributed by atoms with Gasteiger partial charge in [-0.05, 0) is 76.6 Å². The van der Waals surface area contributed by atoms with E-state index >= 15 is 0 Å². The molecule has 5 rings (SSSR count). The second-order valence-electron chi connectivity index (χ2n) is 10.3. The molecule has 1 fully saturated rings. The number of halogens is 4. The lowest BCUT2D eigenvalue weighted by Crippen LogP contribution is -2.56. The Morgan fingerprint density at radius 2 is 1.74 bits per heavy atom. The number of amides is 2. The van der Waals surface area contributed by atoms with Gasteiger partial charge in [-0.3, -0.25) is 0 Å². The Bertz CT molecular complexity index is 1340. The molecule has 2 aromatic carbocycles. The van der Waals surface area contributed by atoms with Crippen LogP contribution in [0.3, 0.4) is 0 Å². The Morgan fingerprint density at radius 3 is 2.38 bits per heavy atom. The van der Waals surface area contributed by atoms with Crippen LogP contribution in [0.2, 0.25) is 0 Å². The van der Waals surface area contributed by atoms with E-state index in [2.05, 4.69) is 10.6 Å². The molecule has 0 spiro atoms. The van der Waals surface area contributed by atoms with Crippen molar-refractivity contribution in [1.29, 1.82) is 0 Å². The zero-order chi connectivity index (χ0) is 27.5. The van der Waals surface area contributed by atoms with Gasteiger partial charge in [0.1, 0.15) is 5.82 Å². The first-order valence-electron chi connectivity index (χ1n) is 13.1. The number of hydrogen-bond acceptors (Lipinski definition) is 2. The van der Waals surface area contributed by atoms with Crippen molar-refractivity contribution in [3.8, 4) is 0 Å². The topological polar surface area (TPSA) is 41.1 Å². The highest BCUT2D eigenvalue weighted by molar-refractivity contribution is 7.08. The highest BCUT2D eigenvalue weighted by Gasteiger charge is 2.43. The van der Waals surface area contributed by atoms with Crippen LogP contribution in [0.15, 0.2) is 83.6 Å². The molecular formula is C31H30F4N2OS. The van der Waals surface area contributed by atoms with E-state index in [0.29, 0.717) is 12.5 Å². The lowest BCUT2D eigenvalue weighted by molar-refractivity contribution is -0.137. The fourth-order valence-corrected chi connectivity index (χ4v) is 6.37. The molecule has 2 N–H and O–H groups in total. The Hall–Kier alpha value is -3.39. The van der Waals surface area contributed by atoms with Crippen LogP contribution in [-0.4, -0.2) is 12.1 Å². The number of carbonyl (C=O) groups is 1. The molecule has 39 heavy (non-hydrogen) atoms. The van der Waals surface area contributed by atoms with Gasteiger partial charge in [0.05, 0.1) is 11.1 Å². The van der Waals surface area contributed by atoms with Crippen LogP contribution < -0.4 is 10.6 Å². The van der Waals surface area contributed by atoms with E-state index in [1.54, 1.807) is 11.3 Å². The predicted molar refractivity (Wildman–Crippen MR) is 147 cm³/mol. The molecule has 1 heterocycles. The van der Waals surface area contributed by atoms with Crippen molar-refractivity contribution in [2.24, 2.45) is 5.92 Å².